The predicted octanol–water partition coefficient (Wildman–Crippen LogP) is 9.58. The van der Waals surface area contributed by atoms with Crippen molar-refractivity contribution < 1.29 is 9.90 Å². The quantitative estimate of drug-likeness (QED) is 0.139. The van der Waals surface area contributed by atoms with Gasteiger partial charge in [-0.2, -0.15) is 0 Å². The maximum Gasteiger partial charge on any atom is 0.306 e. The van der Waals surface area contributed by atoms with E-state index in [1.807, 2.05) is 0 Å². The van der Waals surface area contributed by atoms with Gasteiger partial charge in [-0.25, -0.2) is 0 Å². The van der Waals surface area contributed by atoms with Crippen LogP contribution in [0.3, 0.4) is 0 Å². The van der Waals surface area contributed by atoms with Crippen LogP contribution in [0.25, 0.3) is 0 Å². The van der Waals surface area contributed by atoms with E-state index in [1.54, 1.807) is 0 Å². The molecule has 3 unspecified atom stereocenters. The molecule has 0 bridgehead atoms. The molecule has 1 N–H and O–H groups in total. The summed E-state index contributed by atoms with van der Waals surface area (Å²) in [6, 6.07) is 0. The van der Waals surface area contributed by atoms with Gasteiger partial charge in [0.1, 0.15) is 0 Å². The molecule has 0 aromatic rings. The van der Waals surface area contributed by atoms with E-state index in [2.05, 4.69) is 39.8 Å². The second-order valence-electron chi connectivity index (χ2n) is 9.62. The summed E-state index contributed by atoms with van der Waals surface area (Å²) in [5.74, 6) is 0.162. The van der Waals surface area contributed by atoms with Crippen molar-refractivity contribution in [1.29, 1.82) is 0 Å². The molecule has 0 aliphatic rings. The highest BCUT2D eigenvalue weighted by atomic mass is 16.4. The van der Waals surface area contributed by atoms with Crippen LogP contribution in [0, 0.1) is 17.8 Å². The molecule has 0 aromatic heterocycles. The first-order valence-electron chi connectivity index (χ1n) is 13.4. The van der Waals surface area contributed by atoms with Crippen LogP contribution in [0.1, 0.15) is 143 Å². The minimum absolute atomic E-state index is 0.157. The van der Waals surface area contributed by atoms with Crippen LogP contribution in [0.2, 0.25) is 0 Å². The Balaban J connectivity index is 3.95. The zero-order valence-corrected chi connectivity index (χ0v) is 21.0. The molecule has 0 spiro atoms. The fraction of sp³-hybridized carbons (Fsp3) is 0.893. The van der Waals surface area contributed by atoms with Crippen LogP contribution < -0.4 is 0 Å². The standard InChI is InChI=1S/C28H54O2/c1-5-8-10-11-12-13-14-15-16-17-18-19-20-22-25(4)27(28(29)30)24-26(21-7-3)23-9-6-2/h15-16,25-27H,5-14,17-24H2,1-4H3,(H,29,30)/b16-15-. The lowest BCUT2D eigenvalue weighted by atomic mass is 9.80. The first kappa shape index (κ1) is 29.2. The maximum absolute atomic E-state index is 11.9. The number of carbonyl (C=O) groups is 1. The second kappa shape index (κ2) is 21.4. The topological polar surface area (TPSA) is 37.3 Å². The van der Waals surface area contributed by atoms with Crippen LogP contribution in [0.5, 0.6) is 0 Å². The number of unbranched alkanes of at least 4 members (excludes halogenated alkanes) is 10. The van der Waals surface area contributed by atoms with Crippen molar-refractivity contribution in [2.24, 2.45) is 17.8 Å². The van der Waals surface area contributed by atoms with E-state index >= 15 is 0 Å². The highest BCUT2D eigenvalue weighted by Crippen LogP contribution is 2.30. The van der Waals surface area contributed by atoms with Crippen molar-refractivity contribution in [3.05, 3.63) is 12.2 Å². The van der Waals surface area contributed by atoms with Crippen LogP contribution in [-0.2, 0) is 4.79 Å². The van der Waals surface area contributed by atoms with Crippen LogP contribution in [0.4, 0.5) is 0 Å². The van der Waals surface area contributed by atoms with E-state index in [4.69, 9.17) is 0 Å². The first-order valence-corrected chi connectivity index (χ1v) is 13.4. The lowest BCUT2D eigenvalue weighted by molar-refractivity contribution is -0.144. The van der Waals surface area contributed by atoms with Crippen molar-refractivity contribution in [2.75, 3.05) is 0 Å². The van der Waals surface area contributed by atoms with Gasteiger partial charge in [-0.1, -0.05) is 117 Å². The molecule has 2 heteroatoms. The summed E-state index contributed by atoms with van der Waals surface area (Å²) in [7, 11) is 0. The number of hydrogen-bond acceptors (Lipinski definition) is 1. The molecule has 0 heterocycles. The molecule has 0 saturated carbocycles. The highest BCUT2D eigenvalue weighted by molar-refractivity contribution is 5.70. The van der Waals surface area contributed by atoms with Crippen LogP contribution in [0.15, 0.2) is 12.2 Å². The molecule has 0 rings (SSSR count). The lowest BCUT2D eigenvalue weighted by Crippen LogP contribution is -2.25. The number of hydrogen-bond donors (Lipinski definition) is 1. The third kappa shape index (κ3) is 16.9. The molecule has 0 amide bonds. The van der Waals surface area contributed by atoms with Gasteiger partial charge in [0.2, 0.25) is 0 Å². The molecule has 0 fully saturated rings. The third-order valence-corrected chi connectivity index (χ3v) is 6.68. The van der Waals surface area contributed by atoms with Gasteiger partial charge in [0.15, 0.2) is 0 Å². The Hall–Kier alpha value is -0.790. The van der Waals surface area contributed by atoms with Gasteiger partial charge in [-0.3, -0.25) is 4.79 Å². The molecule has 0 aliphatic carbocycles. The summed E-state index contributed by atoms with van der Waals surface area (Å²) in [4.78, 5) is 11.9. The Kier molecular flexibility index (Phi) is 20.9. The van der Waals surface area contributed by atoms with Crippen LogP contribution in [-0.4, -0.2) is 11.1 Å². The van der Waals surface area contributed by atoms with E-state index < -0.39 is 5.97 Å². The van der Waals surface area contributed by atoms with E-state index in [0.29, 0.717) is 11.8 Å². The zero-order chi connectivity index (χ0) is 22.5. The molecular weight excluding hydrogens is 368 g/mol. The van der Waals surface area contributed by atoms with Gasteiger partial charge in [0, 0.05) is 0 Å². The third-order valence-electron chi connectivity index (χ3n) is 6.68. The summed E-state index contributed by atoms with van der Waals surface area (Å²) in [5.41, 5.74) is 0. The average Bonchev–Trinajstić information content (AvgIpc) is 2.72. The van der Waals surface area contributed by atoms with Crippen LogP contribution >= 0.6 is 0 Å². The molecule has 0 aromatic carbocycles. The van der Waals surface area contributed by atoms with Crippen molar-refractivity contribution in [3.8, 4) is 0 Å². The molecule has 0 aliphatic heterocycles. The molecule has 0 saturated heterocycles. The van der Waals surface area contributed by atoms with Crippen molar-refractivity contribution in [2.45, 2.75) is 143 Å². The Morgan fingerprint density at radius 3 is 1.83 bits per heavy atom. The largest absolute Gasteiger partial charge is 0.481 e. The van der Waals surface area contributed by atoms with Gasteiger partial charge in [0.25, 0.3) is 0 Å². The Bertz CT molecular complexity index is 401. The van der Waals surface area contributed by atoms with E-state index in [0.717, 1.165) is 12.8 Å². The molecule has 3 atom stereocenters. The van der Waals surface area contributed by atoms with Gasteiger partial charge in [-0.15, -0.1) is 0 Å². The van der Waals surface area contributed by atoms with Gasteiger partial charge >= 0.3 is 5.97 Å². The van der Waals surface area contributed by atoms with Crippen molar-refractivity contribution in [3.63, 3.8) is 0 Å². The Morgan fingerprint density at radius 2 is 1.27 bits per heavy atom. The number of aliphatic carboxylic acids is 1. The highest BCUT2D eigenvalue weighted by Gasteiger charge is 2.27. The van der Waals surface area contributed by atoms with E-state index in [9.17, 15) is 9.90 Å². The smallest absolute Gasteiger partial charge is 0.306 e. The minimum atomic E-state index is -0.572. The monoisotopic (exact) mass is 422 g/mol. The predicted molar refractivity (Wildman–Crippen MR) is 133 cm³/mol. The maximum atomic E-state index is 11.9. The molecule has 30 heavy (non-hydrogen) atoms. The summed E-state index contributed by atoms with van der Waals surface area (Å²) in [5, 5.41) is 9.78. The summed E-state index contributed by atoms with van der Waals surface area (Å²) < 4.78 is 0. The lowest BCUT2D eigenvalue weighted by Gasteiger charge is -2.25. The average molecular weight is 423 g/mol. The van der Waals surface area contributed by atoms with Gasteiger partial charge in [-0.05, 0) is 50.4 Å². The number of rotatable bonds is 22. The normalized spacial score (nSPS) is 14.8. The van der Waals surface area contributed by atoms with Crippen molar-refractivity contribution >= 4 is 5.97 Å². The van der Waals surface area contributed by atoms with Gasteiger partial charge < -0.3 is 5.11 Å². The Morgan fingerprint density at radius 1 is 0.700 bits per heavy atom. The summed E-state index contributed by atoms with van der Waals surface area (Å²) in [6.45, 7) is 8.89. The summed E-state index contributed by atoms with van der Waals surface area (Å²) >= 11 is 0. The van der Waals surface area contributed by atoms with Gasteiger partial charge in [0.05, 0.1) is 5.92 Å². The van der Waals surface area contributed by atoms with Crippen molar-refractivity contribution in [1.82, 2.24) is 0 Å². The first-order chi connectivity index (χ1) is 14.6. The molecule has 178 valence electrons. The second-order valence-corrected chi connectivity index (χ2v) is 9.62. The van der Waals surface area contributed by atoms with E-state index in [-0.39, 0.29) is 5.92 Å². The van der Waals surface area contributed by atoms with E-state index in [1.165, 1.54) is 103 Å². The number of allylic oxidation sites excluding steroid dienone is 2. The molecular formula is C28H54O2. The Labute approximate surface area is 189 Å². The SMILES string of the molecule is CCCCCCCC/C=C\CCCCCC(C)C(CC(CCC)CCCC)C(=O)O. The zero-order valence-electron chi connectivity index (χ0n) is 21.0. The fourth-order valence-electron chi connectivity index (χ4n) is 4.60. The summed E-state index contributed by atoms with van der Waals surface area (Å²) in [6.07, 6.45) is 27.0. The molecule has 0 radical (unpaired) electrons. The molecule has 2 nitrogen and oxygen atoms in total. The number of carboxylic acid groups (broad SMARTS) is 1. The number of carboxylic acids is 1. The fourth-order valence-corrected chi connectivity index (χ4v) is 4.60. The minimum Gasteiger partial charge on any atom is -0.481 e.